The van der Waals surface area contributed by atoms with Gasteiger partial charge in [-0.25, -0.2) is 4.79 Å². The van der Waals surface area contributed by atoms with Crippen molar-refractivity contribution in [2.75, 3.05) is 12.9 Å². The highest BCUT2D eigenvalue weighted by Crippen LogP contribution is 2.10. The molecule has 0 aromatic heterocycles. The highest BCUT2D eigenvalue weighted by atomic mass is 32.2. The molecule has 0 bridgehead atoms. The summed E-state index contributed by atoms with van der Waals surface area (Å²) in [5, 5.41) is -0.377. The molecule has 1 aromatic carbocycles. The van der Waals surface area contributed by atoms with Gasteiger partial charge in [0.1, 0.15) is 6.61 Å². The van der Waals surface area contributed by atoms with Crippen LogP contribution in [0.15, 0.2) is 30.3 Å². The van der Waals surface area contributed by atoms with Gasteiger partial charge in [-0.2, -0.15) is 0 Å². The molecule has 0 atom stereocenters. The maximum Gasteiger partial charge on any atom is 0.367 e. The topological polar surface area (TPSA) is 52.6 Å². The maximum atomic E-state index is 11.3. The molecule has 0 aliphatic carbocycles. The van der Waals surface area contributed by atoms with E-state index in [1.807, 2.05) is 30.3 Å². The zero-order valence-corrected chi connectivity index (χ0v) is 10.4. The van der Waals surface area contributed by atoms with E-state index in [4.69, 9.17) is 4.74 Å². The standard InChI is InChI=1S/C12H14O4S/c1-15-11(13)7-8-17-12(14)16-9-10-5-3-2-4-6-10/h2-6H,7-9H2,1H3. The molecule has 0 unspecified atom stereocenters. The van der Waals surface area contributed by atoms with Gasteiger partial charge in [0.05, 0.1) is 13.5 Å². The second kappa shape index (κ2) is 7.73. The summed E-state index contributed by atoms with van der Waals surface area (Å²) in [5.74, 6) is 0.0497. The first-order chi connectivity index (χ1) is 8.22. The molecule has 0 N–H and O–H groups in total. The fourth-order valence-electron chi connectivity index (χ4n) is 1.08. The Kier molecular flexibility index (Phi) is 6.17. The number of methoxy groups -OCH3 is 1. The number of benzene rings is 1. The predicted molar refractivity (Wildman–Crippen MR) is 65.7 cm³/mol. The first-order valence-electron chi connectivity index (χ1n) is 5.12. The summed E-state index contributed by atoms with van der Waals surface area (Å²) in [6.07, 6.45) is 0.210. The molecule has 0 spiro atoms. The molecule has 1 rings (SSSR count). The normalized spacial score (nSPS) is 9.71. The molecule has 0 fully saturated rings. The largest absolute Gasteiger partial charge is 0.469 e. The van der Waals surface area contributed by atoms with Crippen LogP contribution in [0.2, 0.25) is 0 Å². The predicted octanol–water partition coefficient (Wildman–Crippen LogP) is 2.62. The van der Waals surface area contributed by atoms with Gasteiger partial charge in [-0.1, -0.05) is 30.3 Å². The minimum atomic E-state index is -0.377. The third-order valence-corrected chi connectivity index (χ3v) is 2.72. The van der Waals surface area contributed by atoms with Crippen LogP contribution >= 0.6 is 11.8 Å². The second-order valence-corrected chi connectivity index (χ2v) is 4.23. The zero-order chi connectivity index (χ0) is 12.5. The number of rotatable bonds is 5. The average molecular weight is 254 g/mol. The Hall–Kier alpha value is -1.49. The molecule has 4 nitrogen and oxygen atoms in total. The first kappa shape index (κ1) is 13.6. The lowest BCUT2D eigenvalue weighted by Gasteiger charge is -2.03. The summed E-state index contributed by atoms with van der Waals surface area (Å²) in [7, 11) is 1.32. The van der Waals surface area contributed by atoms with Crippen LogP contribution in [-0.2, 0) is 20.9 Å². The van der Waals surface area contributed by atoms with Crippen LogP contribution in [0.5, 0.6) is 0 Å². The van der Waals surface area contributed by atoms with Crippen LogP contribution in [0, 0.1) is 0 Å². The van der Waals surface area contributed by atoms with Gasteiger partial charge in [-0.3, -0.25) is 4.79 Å². The summed E-state index contributed by atoms with van der Waals surface area (Å²) in [6.45, 7) is 0.255. The maximum absolute atomic E-state index is 11.3. The lowest BCUT2D eigenvalue weighted by atomic mass is 10.2. The lowest BCUT2D eigenvalue weighted by Crippen LogP contribution is -2.04. The van der Waals surface area contributed by atoms with Crippen molar-refractivity contribution in [3.05, 3.63) is 35.9 Å². The Labute approximate surface area is 104 Å². The van der Waals surface area contributed by atoms with Crippen molar-refractivity contribution in [3.8, 4) is 0 Å². The summed E-state index contributed by atoms with van der Waals surface area (Å²) in [4.78, 5) is 22.1. The molecule has 17 heavy (non-hydrogen) atoms. The Morgan fingerprint density at radius 3 is 2.59 bits per heavy atom. The van der Waals surface area contributed by atoms with E-state index in [1.165, 1.54) is 7.11 Å². The highest BCUT2D eigenvalue weighted by molar-refractivity contribution is 8.13. The van der Waals surface area contributed by atoms with Crippen molar-refractivity contribution in [1.82, 2.24) is 0 Å². The number of thioether (sulfide) groups is 1. The SMILES string of the molecule is COC(=O)CCSC(=O)OCc1ccccc1. The van der Waals surface area contributed by atoms with Crippen LogP contribution in [0.1, 0.15) is 12.0 Å². The van der Waals surface area contributed by atoms with Gasteiger partial charge in [0.2, 0.25) is 0 Å². The molecule has 0 saturated heterocycles. The van der Waals surface area contributed by atoms with E-state index in [2.05, 4.69) is 4.74 Å². The number of carbonyl (C=O) groups is 2. The quantitative estimate of drug-likeness (QED) is 0.756. The molecule has 5 heteroatoms. The van der Waals surface area contributed by atoms with Crippen molar-refractivity contribution in [1.29, 1.82) is 0 Å². The Balaban J connectivity index is 2.16. The minimum Gasteiger partial charge on any atom is -0.469 e. The Morgan fingerprint density at radius 1 is 1.24 bits per heavy atom. The van der Waals surface area contributed by atoms with Crippen LogP contribution in [-0.4, -0.2) is 24.1 Å². The minimum absolute atomic E-state index is 0.210. The van der Waals surface area contributed by atoms with E-state index in [0.717, 1.165) is 17.3 Å². The third kappa shape index (κ3) is 5.97. The molecule has 0 heterocycles. The number of esters is 1. The summed E-state index contributed by atoms with van der Waals surface area (Å²) in [6, 6.07) is 9.43. The molecular weight excluding hydrogens is 240 g/mol. The zero-order valence-electron chi connectivity index (χ0n) is 9.55. The van der Waals surface area contributed by atoms with Crippen LogP contribution in [0.25, 0.3) is 0 Å². The number of hydrogen-bond acceptors (Lipinski definition) is 5. The van der Waals surface area contributed by atoms with Gasteiger partial charge in [0.15, 0.2) is 0 Å². The average Bonchev–Trinajstić information content (AvgIpc) is 2.37. The van der Waals surface area contributed by atoms with E-state index in [0.29, 0.717) is 5.75 Å². The molecular formula is C12H14O4S. The summed E-state index contributed by atoms with van der Waals surface area (Å²) in [5.41, 5.74) is 0.939. The van der Waals surface area contributed by atoms with Gasteiger partial charge in [-0.15, -0.1) is 0 Å². The fourth-order valence-corrected chi connectivity index (χ4v) is 1.66. The van der Waals surface area contributed by atoms with E-state index in [9.17, 15) is 9.59 Å². The molecule has 0 aliphatic heterocycles. The molecule has 92 valence electrons. The molecule has 0 aliphatic rings. The smallest absolute Gasteiger partial charge is 0.367 e. The number of hydrogen-bond donors (Lipinski definition) is 0. The van der Waals surface area contributed by atoms with Gasteiger partial charge < -0.3 is 9.47 Å². The summed E-state index contributed by atoms with van der Waals surface area (Å²) < 4.78 is 9.47. The summed E-state index contributed by atoms with van der Waals surface area (Å²) >= 11 is 0.977. The number of ether oxygens (including phenoxy) is 2. The third-order valence-electron chi connectivity index (χ3n) is 1.95. The lowest BCUT2D eigenvalue weighted by molar-refractivity contribution is -0.140. The van der Waals surface area contributed by atoms with Gasteiger partial charge >= 0.3 is 11.3 Å². The molecule has 0 radical (unpaired) electrons. The van der Waals surface area contributed by atoms with E-state index in [1.54, 1.807) is 0 Å². The van der Waals surface area contributed by atoms with Crippen molar-refractivity contribution in [3.63, 3.8) is 0 Å². The number of carbonyl (C=O) groups excluding carboxylic acids is 2. The van der Waals surface area contributed by atoms with E-state index < -0.39 is 0 Å². The second-order valence-electron chi connectivity index (χ2n) is 3.20. The van der Waals surface area contributed by atoms with Crippen LogP contribution in [0.4, 0.5) is 4.79 Å². The van der Waals surface area contributed by atoms with Crippen molar-refractivity contribution < 1.29 is 19.1 Å². The van der Waals surface area contributed by atoms with Crippen LogP contribution < -0.4 is 0 Å². The van der Waals surface area contributed by atoms with Gasteiger partial charge in [0, 0.05) is 5.75 Å². The van der Waals surface area contributed by atoms with Crippen LogP contribution in [0.3, 0.4) is 0 Å². The Bertz CT molecular complexity index is 364. The van der Waals surface area contributed by atoms with Crippen molar-refractivity contribution in [2.45, 2.75) is 13.0 Å². The van der Waals surface area contributed by atoms with Crippen molar-refractivity contribution in [2.24, 2.45) is 0 Å². The molecule has 0 amide bonds. The molecule has 1 aromatic rings. The Morgan fingerprint density at radius 2 is 1.94 bits per heavy atom. The van der Waals surface area contributed by atoms with E-state index in [-0.39, 0.29) is 24.3 Å². The van der Waals surface area contributed by atoms with Gasteiger partial charge in [0.25, 0.3) is 0 Å². The fraction of sp³-hybridized carbons (Fsp3) is 0.333. The first-order valence-corrected chi connectivity index (χ1v) is 6.11. The van der Waals surface area contributed by atoms with Gasteiger partial charge in [-0.05, 0) is 17.3 Å². The van der Waals surface area contributed by atoms with E-state index >= 15 is 0 Å². The highest BCUT2D eigenvalue weighted by Gasteiger charge is 2.06. The van der Waals surface area contributed by atoms with Crippen molar-refractivity contribution >= 4 is 23.0 Å². The monoisotopic (exact) mass is 254 g/mol. The molecule has 0 saturated carbocycles.